The Bertz CT molecular complexity index is 900. The van der Waals surface area contributed by atoms with Crippen molar-refractivity contribution in [2.45, 2.75) is 0 Å². The summed E-state index contributed by atoms with van der Waals surface area (Å²) in [6.45, 7) is -0.249. The van der Waals surface area contributed by atoms with Gasteiger partial charge in [0.25, 0.3) is 5.91 Å². The molecule has 0 saturated heterocycles. The molecule has 7 heteroatoms. The van der Waals surface area contributed by atoms with Gasteiger partial charge in [-0.3, -0.25) is 4.79 Å². The smallest absolute Gasteiger partial charge is 0.255 e. The zero-order valence-corrected chi connectivity index (χ0v) is 15.3. The van der Waals surface area contributed by atoms with Crippen LogP contribution in [0.4, 0.5) is 0 Å². The van der Waals surface area contributed by atoms with E-state index in [1.807, 2.05) is 0 Å². The van der Waals surface area contributed by atoms with Crippen LogP contribution in [0.5, 0.6) is 23.0 Å². The highest BCUT2D eigenvalue weighted by molar-refractivity contribution is 5.90. The lowest BCUT2D eigenvalue weighted by Crippen LogP contribution is -2.20. The number of ether oxygens (including phenoxy) is 4. The van der Waals surface area contributed by atoms with E-state index in [1.165, 1.54) is 14.2 Å². The molecule has 140 valence electrons. The Morgan fingerprint density at radius 3 is 2.22 bits per heavy atom. The monoisotopic (exact) mass is 368 g/mol. The van der Waals surface area contributed by atoms with E-state index in [2.05, 4.69) is 6.07 Å². The third-order valence-corrected chi connectivity index (χ3v) is 3.68. The molecule has 2 rings (SSSR count). The number of methoxy groups -OCH3 is 3. The molecule has 0 unspecified atom stereocenters. The van der Waals surface area contributed by atoms with Gasteiger partial charge in [-0.05, 0) is 47.5 Å². The lowest BCUT2D eigenvalue weighted by Gasteiger charge is -2.11. The minimum atomic E-state index is -0.582. The van der Waals surface area contributed by atoms with Crippen molar-refractivity contribution in [2.75, 3.05) is 27.9 Å². The highest BCUT2D eigenvalue weighted by Gasteiger charge is 2.10. The first kappa shape index (κ1) is 19.7. The van der Waals surface area contributed by atoms with Crippen molar-refractivity contribution in [3.8, 4) is 29.1 Å². The van der Waals surface area contributed by atoms with Gasteiger partial charge in [-0.1, -0.05) is 6.07 Å². The molecular formula is C20H20N2O5. The fourth-order valence-electron chi connectivity index (χ4n) is 2.39. The molecule has 0 heterocycles. The molecule has 2 N–H and O–H groups in total. The molecule has 0 aromatic heterocycles. The van der Waals surface area contributed by atoms with Crippen LogP contribution in [-0.4, -0.2) is 33.8 Å². The first-order chi connectivity index (χ1) is 13.0. The van der Waals surface area contributed by atoms with Crippen LogP contribution in [0.1, 0.15) is 11.1 Å². The number of nitrogens with two attached hydrogens (primary N) is 1. The summed E-state index contributed by atoms with van der Waals surface area (Å²) in [5.74, 6) is 1.34. The Hall–Kier alpha value is -3.66. The molecule has 0 aliphatic carbocycles. The van der Waals surface area contributed by atoms with Gasteiger partial charge < -0.3 is 24.7 Å². The predicted octanol–water partition coefficient (Wildman–Crippen LogP) is 2.64. The van der Waals surface area contributed by atoms with Crippen LogP contribution >= 0.6 is 0 Å². The molecule has 0 spiro atoms. The number of amides is 1. The van der Waals surface area contributed by atoms with Crippen molar-refractivity contribution >= 4 is 17.6 Å². The molecule has 0 aliphatic rings. The molecule has 0 fully saturated rings. The van der Waals surface area contributed by atoms with E-state index >= 15 is 0 Å². The van der Waals surface area contributed by atoms with E-state index in [0.717, 1.165) is 5.56 Å². The highest BCUT2D eigenvalue weighted by atomic mass is 16.5. The van der Waals surface area contributed by atoms with Crippen molar-refractivity contribution in [2.24, 2.45) is 5.73 Å². The maximum Gasteiger partial charge on any atom is 0.255 e. The molecular weight excluding hydrogens is 348 g/mol. The Morgan fingerprint density at radius 1 is 1.00 bits per heavy atom. The van der Waals surface area contributed by atoms with Gasteiger partial charge in [0, 0.05) is 0 Å². The summed E-state index contributed by atoms with van der Waals surface area (Å²) in [6.07, 6.45) is 1.71. The second-order valence-corrected chi connectivity index (χ2v) is 5.40. The lowest BCUT2D eigenvalue weighted by atomic mass is 10.0. The van der Waals surface area contributed by atoms with Crippen LogP contribution in [0.25, 0.3) is 11.6 Å². The first-order valence-electron chi connectivity index (χ1n) is 7.95. The summed E-state index contributed by atoms with van der Waals surface area (Å²) in [5, 5.41) is 9.56. The molecule has 0 atom stereocenters. The number of hydrogen-bond acceptors (Lipinski definition) is 6. The van der Waals surface area contributed by atoms with Crippen LogP contribution in [0.15, 0.2) is 36.4 Å². The first-order valence-corrected chi connectivity index (χ1v) is 7.95. The van der Waals surface area contributed by atoms with Gasteiger partial charge in [0.05, 0.1) is 33.0 Å². The minimum Gasteiger partial charge on any atom is -0.493 e. The molecule has 7 nitrogen and oxygen atoms in total. The van der Waals surface area contributed by atoms with Gasteiger partial charge in [0.1, 0.15) is 0 Å². The van der Waals surface area contributed by atoms with Gasteiger partial charge in [-0.15, -0.1) is 0 Å². The largest absolute Gasteiger partial charge is 0.493 e. The third-order valence-electron chi connectivity index (χ3n) is 3.68. The molecule has 0 bridgehead atoms. The van der Waals surface area contributed by atoms with Crippen molar-refractivity contribution in [3.05, 3.63) is 47.5 Å². The number of nitrogens with zero attached hydrogens (tertiary/aromatic N) is 1. The van der Waals surface area contributed by atoms with Crippen LogP contribution in [0, 0.1) is 11.3 Å². The maximum atomic E-state index is 10.9. The second-order valence-electron chi connectivity index (χ2n) is 5.40. The predicted molar refractivity (Wildman–Crippen MR) is 101 cm³/mol. The van der Waals surface area contributed by atoms with E-state index in [-0.39, 0.29) is 6.61 Å². The van der Waals surface area contributed by atoms with Crippen molar-refractivity contribution in [1.82, 2.24) is 0 Å². The minimum absolute atomic E-state index is 0.249. The van der Waals surface area contributed by atoms with Crippen molar-refractivity contribution < 1.29 is 23.7 Å². The molecule has 27 heavy (non-hydrogen) atoms. The van der Waals surface area contributed by atoms with Gasteiger partial charge in [-0.25, -0.2) is 0 Å². The Labute approximate surface area is 157 Å². The zero-order valence-electron chi connectivity index (χ0n) is 15.3. The number of allylic oxidation sites excluding steroid dienone is 1. The van der Waals surface area contributed by atoms with Gasteiger partial charge in [-0.2, -0.15) is 5.26 Å². The fourth-order valence-corrected chi connectivity index (χ4v) is 2.39. The molecule has 0 aliphatic heterocycles. The van der Waals surface area contributed by atoms with Crippen LogP contribution in [-0.2, 0) is 4.79 Å². The third kappa shape index (κ3) is 4.92. The van der Waals surface area contributed by atoms with Crippen LogP contribution in [0.2, 0.25) is 0 Å². The zero-order chi connectivity index (χ0) is 19.8. The molecule has 2 aromatic carbocycles. The summed E-state index contributed by atoms with van der Waals surface area (Å²) in [4.78, 5) is 10.9. The van der Waals surface area contributed by atoms with Crippen LogP contribution < -0.4 is 24.7 Å². The van der Waals surface area contributed by atoms with Gasteiger partial charge in [0.15, 0.2) is 29.6 Å². The number of nitriles is 1. The average molecular weight is 368 g/mol. The summed E-state index contributed by atoms with van der Waals surface area (Å²) in [6, 6.07) is 12.5. The van der Waals surface area contributed by atoms with Crippen molar-refractivity contribution in [1.29, 1.82) is 5.26 Å². The Morgan fingerprint density at radius 2 is 1.63 bits per heavy atom. The van der Waals surface area contributed by atoms with E-state index in [0.29, 0.717) is 34.1 Å². The van der Waals surface area contributed by atoms with Gasteiger partial charge >= 0.3 is 0 Å². The summed E-state index contributed by atoms with van der Waals surface area (Å²) in [5.41, 5.74) is 6.93. The fraction of sp³-hybridized carbons (Fsp3) is 0.200. The number of primary amides is 1. The summed E-state index contributed by atoms with van der Waals surface area (Å²) >= 11 is 0. The Balaban J connectivity index is 2.37. The number of carbonyl (C=O) groups excluding carboxylic acids is 1. The number of benzene rings is 2. The van der Waals surface area contributed by atoms with E-state index in [9.17, 15) is 10.1 Å². The Kier molecular flexibility index (Phi) is 6.67. The highest BCUT2D eigenvalue weighted by Crippen LogP contribution is 2.32. The van der Waals surface area contributed by atoms with Crippen LogP contribution in [0.3, 0.4) is 0 Å². The van der Waals surface area contributed by atoms with E-state index < -0.39 is 5.91 Å². The van der Waals surface area contributed by atoms with Gasteiger partial charge in [0.2, 0.25) is 0 Å². The topological polar surface area (TPSA) is 104 Å². The molecule has 1 amide bonds. The SMILES string of the molecule is COc1ccc(/C(C#N)=C/c2ccc(OCC(N)=O)c(OC)c2)cc1OC. The quantitative estimate of drug-likeness (QED) is 0.567. The summed E-state index contributed by atoms with van der Waals surface area (Å²) in [7, 11) is 4.57. The molecule has 0 saturated carbocycles. The second kappa shape index (κ2) is 9.15. The standard InChI is InChI=1S/C20H20N2O5/c1-24-16-7-5-14(10-19(16)26-3)15(11-21)8-13-4-6-17(18(9-13)25-2)27-12-20(22)23/h4-10H,12H2,1-3H3,(H2,22,23)/b15-8+. The van der Waals surface area contributed by atoms with E-state index in [4.69, 9.17) is 24.7 Å². The summed E-state index contributed by atoms with van der Waals surface area (Å²) < 4.78 is 21.1. The number of rotatable bonds is 8. The lowest BCUT2D eigenvalue weighted by molar-refractivity contribution is -0.119. The van der Waals surface area contributed by atoms with E-state index in [1.54, 1.807) is 49.6 Å². The molecule has 0 radical (unpaired) electrons. The molecule has 2 aromatic rings. The maximum absolute atomic E-state index is 10.9. The number of carbonyl (C=O) groups is 1. The van der Waals surface area contributed by atoms with Crippen molar-refractivity contribution in [3.63, 3.8) is 0 Å². The number of hydrogen-bond donors (Lipinski definition) is 1. The average Bonchev–Trinajstić information content (AvgIpc) is 2.70. The normalized spacial score (nSPS) is 10.7.